The Morgan fingerprint density at radius 3 is 1.77 bits per heavy atom. The summed E-state index contributed by atoms with van der Waals surface area (Å²) in [6.45, 7) is 2.04. The van der Waals surface area contributed by atoms with Gasteiger partial charge >= 0.3 is 19.8 Å². The van der Waals surface area contributed by atoms with E-state index >= 15 is 0 Å². The van der Waals surface area contributed by atoms with E-state index in [9.17, 15) is 28.9 Å². The van der Waals surface area contributed by atoms with Crippen molar-refractivity contribution < 1.29 is 52.6 Å². The summed E-state index contributed by atoms with van der Waals surface area (Å²) in [7, 11) is -4.68. The van der Waals surface area contributed by atoms with Gasteiger partial charge in [-0.05, 0) is 70.3 Å². The van der Waals surface area contributed by atoms with Crippen LogP contribution in [0.15, 0.2) is 60.8 Å². The number of phosphoric ester groups is 1. The molecule has 56 heavy (non-hydrogen) atoms. The van der Waals surface area contributed by atoms with Crippen molar-refractivity contribution in [3.63, 3.8) is 0 Å². The molecule has 0 spiro atoms. The molecule has 0 aliphatic heterocycles. The van der Waals surface area contributed by atoms with Crippen molar-refractivity contribution in [1.29, 1.82) is 0 Å². The van der Waals surface area contributed by atoms with Crippen molar-refractivity contribution in [2.75, 3.05) is 26.4 Å². The number of phosphoric acid groups is 1. The minimum absolute atomic E-state index is 0.108. The highest BCUT2D eigenvalue weighted by molar-refractivity contribution is 7.47. The smallest absolute Gasteiger partial charge is 0.462 e. The lowest BCUT2D eigenvalue weighted by molar-refractivity contribution is -0.161. The van der Waals surface area contributed by atoms with E-state index in [1.54, 1.807) is 12.2 Å². The third-order valence-corrected chi connectivity index (χ3v) is 9.57. The molecule has 3 atom stereocenters. The summed E-state index contributed by atoms with van der Waals surface area (Å²) in [6.07, 6.45) is 39.0. The number of aliphatic hydroxyl groups excluding tert-OH is 2. The predicted molar refractivity (Wildman–Crippen MR) is 224 cm³/mol. The first-order valence-electron chi connectivity index (χ1n) is 21.2. The van der Waals surface area contributed by atoms with Gasteiger partial charge in [0.1, 0.15) is 12.7 Å². The zero-order chi connectivity index (χ0) is 41.4. The van der Waals surface area contributed by atoms with Gasteiger partial charge in [-0.2, -0.15) is 0 Å². The van der Waals surface area contributed by atoms with Crippen LogP contribution in [0.2, 0.25) is 0 Å². The molecule has 3 N–H and O–H groups in total. The molecule has 0 aliphatic rings. The highest BCUT2D eigenvalue weighted by Crippen LogP contribution is 2.43. The van der Waals surface area contributed by atoms with Gasteiger partial charge in [0.05, 0.1) is 19.8 Å². The fourth-order valence-corrected chi connectivity index (χ4v) is 6.08. The Bertz CT molecular complexity index is 1180. The zero-order valence-electron chi connectivity index (χ0n) is 34.6. The van der Waals surface area contributed by atoms with Gasteiger partial charge in [0.2, 0.25) is 0 Å². The monoisotopic (exact) mass is 811 g/mol. The number of rotatable bonds is 39. The number of unbranched alkanes of at least 4 members (excludes halogenated alkanes) is 14. The Morgan fingerprint density at radius 1 is 0.589 bits per heavy atom. The van der Waals surface area contributed by atoms with Crippen LogP contribution in [-0.4, -0.2) is 71.5 Å². The lowest BCUT2D eigenvalue weighted by Crippen LogP contribution is -2.30. The second-order valence-electron chi connectivity index (χ2n) is 14.0. The van der Waals surface area contributed by atoms with Crippen LogP contribution in [0.4, 0.5) is 0 Å². The molecule has 0 aromatic carbocycles. The van der Waals surface area contributed by atoms with Gasteiger partial charge in [0.15, 0.2) is 11.9 Å². The van der Waals surface area contributed by atoms with Gasteiger partial charge in [0, 0.05) is 19.3 Å². The molecule has 0 aromatic heterocycles. The molecule has 0 aromatic rings. The van der Waals surface area contributed by atoms with Crippen molar-refractivity contribution in [3.05, 3.63) is 60.8 Å². The number of ether oxygens (including phenoxy) is 2. The molecule has 0 rings (SSSR count). The Kier molecular flexibility index (Phi) is 37.3. The van der Waals surface area contributed by atoms with Crippen molar-refractivity contribution >= 4 is 25.5 Å². The van der Waals surface area contributed by atoms with E-state index in [2.05, 4.69) is 54.8 Å². The van der Waals surface area contributed by atoms with E-state index in [1.165, 1.54) is 70.3 Å². The Hall–Kier alpha value is -2.66. The summed E-state index contributed by atoms with van der Waals surface area (Å²) in [5, 5.41) is 18.3. The minimum Gasteiger partial charge on any atom is -0.462 e. The van der Waals surface area contributed by atoms with Crippen LogP contribution in [0.1, 0.15) is 162 Å². The van der Waals surface area contributed by atoms with Gasteiger partial charge in [0.25, 0.3) is 0 Å². The summed E-state index contributed by atoms with van der Waals surface area (Å²) in [5.41, 5.74) is 0. The van der Waals surface area contributed by atoms with E-state index in [4.69, 9.17) is 19.1 Å². The number of hydrogen-bond donors (Lipinski definition) is 3. The molecule has 0 amide bonds. The molecule has 322 valence electrons. The largest absolute Gasteiger partial charge is 0.472 e. The summed E-state index contributed by atoms with van der Waals surface area (Å²) < 4.78 is 32.5. The molecular weight excluding hydrogens is 735 g/mol. The molecular formula is C44H75O11P. The second kappa shape index (κ2) is 39.2. The summed E-state index contributed by atoms with van der Waals surface area (Å²) >= 11 is 0. The average Bonchev–Trinajstić information content (AvgIpc) is 3.18. The maximum Gasteiger partial charge on any atom is 0.472 e. The number of aliphatic hydroxyl groups is 2. The van der Waals surface area contributed by atoms with Crippen molar-refractivity contribution in [1.82, 2.24) is 0 Å². The average molecular weight is 811 g/mol. The highest BCUT2D eigenvalue weighted by Gasteiger charge is 2.27. The Labute approximate surface area is 338 Å². The standard InChI is InChI=1S/C44H75O11P/c1-3-5-7-9-11-13-15-17-18-20-22-24-26-28-30-34-43(48)52-38-42(39-54-56(50,51)53-37-41(47)36-45)55-44(49)35-31-33-40(46)32-29-27-25-23-21-19-16-14-12-10-8-6-4-2/h12-15,19,21,25,27,29,32,41-42,45,47H,3-11,16-18,20,22-24,26,28,30-31,33-39H2,1-2H3,(H,50,51)/b14-12-,15-13-,21-19-,27-25-,32-29+/t41-,42+/m0/s1. The van der Waals surface area contributed by atoms with Crippen molar-refractivity contribution in [2.24, 2.45) is 0 Å². The summed E-state index contributed by atoms with van der Waals surface area (Å²) in [5.74, 6) is -1.34. The molecule has 1 unspecified atom stereocenters. The molecule has 0 saturated carbocycles. The Morgan fingerprint density at radius 2 is 1.11 bits per heavy atom. The molecule has 0 saturated heterocycles. The zero-order valence-corrected chi connectivity index (χ0v) is 35.5. The number of ketones is 1. The lowest BCUT2D eigenvalue weighted by atomic mass is 10.1. The fraction of sp³-hybridized carbons (Fsp3) is 0.705. The van der Waals surface area contributed by atoms with Crippen LogP contribution in [-0.2, 0) is 37.5 Å². The molecule has 12 heteroatoms. The number of carbonyl (C=O) groups is 3. The van der Waals surface area contributed by atoms with Crippen LogP contribution in [0, 0.1) is 0 Å². The van der Waals surface area contributed by atoms with E-state index in [0.717, 1.165) is 51.4 Å². The first-order chi connectivity index (χ1) is 27.1. The maximum atomic E-state index is 12.6. The fourth-order valence-electron chi connectivity index (χ4n) is 5.29. The predicted octanol–water partition coefficient (Wildman–Crippen LogP) is 10.3. The first-order valence-corrected chi connectivity index (χ1v) is 22.7. The number of carbonyl (C=O) groups excluding carboxylic acids is 3. The van der Waals surface area contributed by atoms with Crippen molar-refractivity contribution in [2.45, 2.75) is 174 Å². The molecule has 0 radical (unpaired) electrons. The second-order valence-corrected chi connectivity index (χ2v) is 15.5. The first kappa shape index (κ1) is 53.3. The maximum absolute atomic E-state index is 12.6. The number of allylic oxidation sites excluding steroid dienone is 10. The SMILES string of the molecule is CCCCC/C=C\C/C=C\C/C=C\C=C\C(=O)CCCC(=O)O[C@H](COC(=O)CCCCCCCCC/C=C\CCCCCC)COP(=O)(O)OC[C@@H](O)CO. The molecule has 0 heterocycles. The molecule has 0 fully saturated rings. The number of esters is 2. The van der Waals surface area contributed by atoms with E-state index in [1.807, 2.05) is 6.08 Å². The minimum atomic E-state index is -4.68. The van der Waals surface area contributed by atoms with Gasteiger partial charge in [-0.15, -0.1) is 0 Å². The normalized spacial score (nSPS) is 14.4. The Balaban J connectivity index is 4.53. The van der Waals surface area contributed by atoms with Gasteiger partial charge in [-0.3, -0.25) is 23.4 Å². The molecule has 0 bridgehead atoms. The van der Waals surface area contributed by atoms with Crippen LogP contribution in [0.3, 0.4) is 0 Å². The topological polar surface area (TPSA) is 166 Å². The van der Waals surface area contributed by atoms with Crippen LogP contribution in [0.25, 0.3) is 0 Å². The molecule has 0 aliphatic carbocycles. The van der Waals surface area contributed by atoms with E-state index in [0.29, 0.717) is 6.42 Å². The van der Waals surface area contributed by atoms with Crippen LogP contribution < -0.4 is 0 Å². The third kappa shape index (κ3) is 38.2. The van der Waals surface area contributed by atoms with E-state index < -0.39 is 58.4 Å². The van der Waals surface area contributed by atoms with Crippen LogP contribution in [0.5, 0.6) is 0 Å². The van der Waals surface area contributed by atoms with Gasteiger partial charge < -0.3 is 24.6 Å². The molecule has 11 nitrogen and oxygen atoms in total. The van der Waals surface area contributed by atoms with Gasteiger partial charge in [-0.1, -0.05) is 133 Å². The van der Waals surface area contributed by atoms with E-state index in [-0.39, 0.29) is 31.5 Å². The quantitative estimate of drug-likeness (QED) is 0.0135. The summed E-state index contributed by atoms with van der Waals surface area (Å²) in [4.78, 5) is 47.2. The summed E-state index contributed by atoms with van der Waals surface area (Å²) in [6, 6.07) is 0. The van der Waals surface area contributed by atoms with Gasteiger partial charge in [-0.25, -0.2) is 4.57 Å². The third-order valence-electron chi connectivity index (χ3n) is 8.62. The number of hydrogen-bond acceptors (Lipinski definition) is 10. The van der Waals surface area contributed by atoms with Crippen LogP contribution >= 0.6 is 7.82 Å². The van der Waals surface area contributed by atoms with Crippen molar-refractivity contribution in [3.8, 4) is 0 Å². The highest BCUT2D eigenvalue weighted by atomic mass is 31.2. The lowest BCUT2D eigenvalue weighted by Gasteiger charge is -2.20.